The van der Waals surface area contributed by atoms with Gasteiger partial charge in [0.25, 0.3) is 5.91 Å². The second-order valence-corrected chi connectivity index (χ2v) is 7.32. The number of hydrogen-bond acceptors (Lipinski definition) is 5. The van der Waals surface area contributed by atoms with E-state index in [4.69, 9.17) is 9.72 Å². The third-order valence-electron chi connectivity index (χ3n) is 5.41. The molecule has 2 aliphatic rings. The van der Waals surface area contributed by atoms with E-state index < -0.39 is 0 Å². The molecule has 2 aromatic rings. The fourth-order valence-electron chi connectivity index (χ4n) is 3.75. The molecule has 146 valence electrons. The van der Waals surface area contributed by atoms with E-state index in [2.05, 4.69) is 4.98 Å². The van der Waals surface area contributed by atoms with Gasteiger partial charge in [-0.15, -0.1) is 0 Å². The van der Waals surface area contributed by atoms with Crippen molar-refractivity contribution in [3.05, 3.63) is 53.6 Å². The molecule has 0 radical (unpaired) electrons. The molecule has 3 heterocycles. The summed E-state index contributed by atoms with van der Waals surface area (Å²) in [5.74, 6) is 1.78. The average Bonchev–Trinajstić information content (AvgIpc) is 3.23. The molecule has 1 aromatic heterocycles. The molecule has 1 saturated heterocycles. The van der Waals surface area contributed by atoms with E-state index in [9.17, 15) is 9.59 Å². The fraction of sp³-hybridized carbons (Fsp3) is 0.429. The first-order valence-electron chi connectivity index (χ1n) is 9.66. The van der Waals surface area contributed by atoms with Crippen LogP contribution in [0, 0.1) is 0 Å². The number of likely N-dealkylation sites (tertiary alicyclic amines) is 1. The average molecular weight is 380 g/mol. The molecule has 7 heteroatoms. The minimum Gasteiger partial charge on any atom is -0.484 e. The monoisotopic (exact) mass is 380 g/mol. The second kappa shape index (κ2) is 7.96. The van der Waals surface area contributed by atoms with Crippen LogP contribution in [0.15, 0.2) is 36.5 Å². The molecule has 7 nitrogen and oxygen atoms in total. The van der Waals surface area contributed by atoms with Gasteiger partial charge in [-0.1, -0.05) is 18.2 Å². The number of amides is 2. The number of fused-ring (bicyclic) bond motifs is 1. The molecule has 28 heavy (non-hydrogen) atoms. The van der Waals surface area contributed by atoms with E-state index in [1.54, 1.807) is 11.8 Å². The highest BCUT2D eigenvalue weighted by Crippen LogP contribution is 2.26. The Labute approximate surface area is 164 Å². The van der Waals surface area contributed by atoms with E-state index in [0.29, 0.717) is 31.8 Å². The fourth-order valence-corrected chi connectivity index (χ4v) is 3.75. The first-order valence-corrected chi connectivity index (χ1v) is 9.66. The van der Waals surface area contributed by atoms with Crippen LogP contribution in [0.5, 0.6) is 5.75 Å². The van der Waals surface area contributed by atoms with Gasteiger partial charge in [-0.05, 0) is 18.6 Å². The molecule has 0 bridgehead atoms. The smallest absolute Gasteiger partial charge is 0.260 e. The Morgan fingerprint density at radius 2 is 2.00 bits per heavy atom. The Hall–Kier alpha value is -2.96. The Kier molecular flexibility index (Phi) is 5.23. The predicted molar refractivity (Wildman–Crippen MR) is 103 cm³/mol. The van der Waals surface area contributed by atoms with Crippen molar-refractivity contribution in [2.24, 2.45) is 0 Å². The maximum absolute atomic E-state index is 12.5. The number of hydrogen-bond donors (Lipinski definition) is 0. The van der Waals surface area contributed by atoms with Crippen LogP contribution >= 0.6 is 0 Å². The van der Waals surface area contributed by atoms with Crippen molar-refractivity contribution in [1.82, 2.24) is 19.8 Å². The minimum atomic E-state index is -0.0357. The number of nitrogens with zero attached hydrogens (tertiary/aromatic N) is 4. The second-order valence-electron chi connectivity index (χ2n) is 7.32. The highest BCUT2D eigenvalue weighted by Gasteiger charge is 2.29. The van der Waals surface area contributed by atoms with Crippen molar-refractivity contribution in [2.45, 2.75) is 32.2 Å². The number of aromatic nitrogens is 2. The quantitative estimate of drug-likeness (QED) is 0.808. The maximum atomic E-state index is 12.5. The number of para-hydroxylation sites is 1. The molecule has 1 atom stereocenters. The maximum Gasteiger partial charge on any atom is 0.260 e. The highest BCUT2D eigenvalue weighted by atomic mass is 16.5. The molecule has 0 N–H and O–H groups in total. The molecular formula is C21H24N4O3. The van der Waals surface area contributed by atoms with Crippen molar-refractivity contribution in [3.8, 4) is 5.75 Å². The lowest BCUT2D eigenvalue weighted by Gasteiger charge is -2.28. The summed E-state index contributed by atoms with van der Waals surface area (Å²) in [6.07, 6.45) is 3.45. The zero-order valence-corrected chi connectivity index (χ0v) is 16.0. The van der Waals surface area contributed by atoms with Gasteiger partial charge >= 0.3 is 0 Å². The molecule has 0 saturated carbocycles. The Morgan fingerprint density at radius 1 is 1.18 bits per heavy atom. The van der Waals surface area contributed by atoms with Crippen molar-refractivity contribution < 1.29 is 14.3 Å². The van der Waals surface area contributed by atoms with Gasteiger partial charge in [0.15, 0.2) is 6.61 Å². The Morgan fingerprint density at radius 3 is 2.75 bits per heavy atom. The molecule has 0 aliphatic carbocycles. The summed E-state index contributed by atoms with van der Waals surface area (Å²) in [7, 11) is 0. The van der Waals surface area contributed by atoms with Crippen molar-refractivity contribution in [3.63, 3.8) is 0 Å². The lowest BCUT2D eigenvalue weighted by molar-refractivity contribution is -0.134. The lowest BCUT2D eigenvalue weighted by Crippen LogP contribution is -2.39. The molecule has 2 aliphatic heterocycles. The number of benzene rings is 1. The van der Waals surface area contributed by atoms with E-state index >= 15 is 0 Å². The van der Waals surface area contributed by atoms with Gasteiger partial charge in [-0.2, -0.15) is 0 Å². The molecule has 0 unspecified atom stereocenters. The highest BCUT2D eigenvalue weighted by molar-refractivity contribution is 5.78. The number of carbonyl (C=O) groups is 2. The summed E-state index contributed by atoms with van der Waals surface area (Å²) in [4.78, 5) is 37.0. The number of carbonyl (C=O) groups excluding carboxylic acids is 2. The van der Waals surface area contributed by atoms with Crippen LogP contribution in [0.2, 0.25) is 0 Å². The molecule has 0 spiro atoms. The largest absolute Gasteiger partial charge is 0.484 e. The predicted octanol–water partition coefficient (Wildman–Crippen LogP) is 1.78. The van der Waals surface area contributed by atoms with Crippen LogP contribution < -0.4 is 4.74 Å². The van der Waals surface area contributed by atoms with E-state index in [1.807, 2.05) is 41.4 Å². The van der Waals surface area contributed by atoms with Gasteiger partial charge in [-0.25, -0.2) is 9.97 Å². The van der Waals surface area contributed by atoms with Crippen LogP contribution in [0.3, 0.4) is 0 Å². The summed E-state index contributed by atoms with van der Waals surface area (Å²) >= 11 is 0. The zero-order chi connectivity index (χ0) is 19.5. The Bertz CT molecular complexity index is 871. The number of ether oxygens (including phenoxy) is 1. The van der Waals surface area contributed by atoms with Gasteiger partial charge in [0.1, 0.15) is 11.6 Å². The van der Waals surface area contributed by atoms with Gasteiger partial charge in [0.2, 0.25) is 5.91 Å². The van der Waals surface area contributed by atoms with E-state index in [0.717, 1.165) is 30.0 Å². The molecular weight excluding hydrogens is 356 g/mol. The first kappa shape index (κ1) is 18.4. The Balaban J connectivity index is 1.37. The number of rotatable bonds is 4. The van der Waals surface area contributed by atoms with Crippen LogP contribution in [-0.2, 0) is 22.6 Å². The van der Waals surface area contributed by atoms with E-state index in [-0.39, 0.29) is 24.3 Å². The summed E-state index contributed by atoms with van der Waals surface area (Å²) in [5, 5.41) is 0. The van der Waals surface area contributed by atoms with Crippen molar-refractivity contribution in [1.29, 1.82) is 0 Å². The summed E-state index contributed by atoms with van der Waals surface area (Å²) < 4.78 is 5.57. The van der Waals surface area contributed by atoms with Crippen molar-refractivity contribution >= 4 is 11.8 Å². The zero-order valence-electron chi connectivity index (χ0n) is 16.0. The normalized spacial score (nSPS) is 18.7. The first-order chi connectivity index (χ1) is 13.6. The van der Waals surface area contributed by atoms with Crippen LogP contribution in [-0.4, -0.2) is 57.8 Å². The van der Waals surface area contributed by atoms with E-state index in [1.165, 1.54) is 0 Å². The summed E-state index contributed by atoms with van der Waals surface area (Å²) in [6.45, 7) is 4.23. The molecule has 1 fully saturated rings. The third kappa shape index (κ3) is 3.98. The van der Waals surface area contributed by atoms with Crippen LogP contribution in [0.1, 0.15) is 36.3 Å². The molecule has 4 rings (SSSR count). The minimum absolute atomic E-state index is 0.0290. The summed E-state index contributed by atoms with van der Waals surface area (Å²) in [6, 6.07) is 9.35. The SMILES string of the molecule is CC(=O)N1CC[C@H](c2ncc3c(n2)CCN(C(=O)COc2ccccc2)C3)C1. The lowest BCUT2D eigenvalue weighted by atomic mass is 10.0. The topological polar surface area (TPSA) is 75.6 Å². The van der Waals surface area contributed by atoms with Gasteiger partial charge in [-0.3, -0.25) is 9.59 Å². The van der Waals surface area contributed by atoms with Crippen LogP contribution in [0.25, 0.3) is 0 Å². The van der Waals surface area contributed by atoms with Gasteiger partial charge < -0.3 is 14.5 Å². The van der Waals surface area contributed by atoms with Gasteiger partial charge in [0.05, 0.1) is 5.69 Å². The van der Waals surface area contributed by atoms with Crippen molar-refractivity contribution in [2.75, 3.05) is 26.2 Å². The van der Waals surface area contributed by atoms with Crippen LogP contribution in [0.4, 0.5) is 0 Å². The third-order valence-corrected chi connectivity index (χ3v) is 5.41. The molecule has 1 aromatic carbocycles. The van der Waals surface area contributed by atoms with Gasteiger partial charge in [0, 0.05) is 57.2 Å². The summed E-state index contributed by atoms with van der Waals surface area (Å²) in [5.41, 5.74) is 2.00. The molecule has 2 amide bonds. The standard InChI is InChI=1S/C21H24N4O3/c1-15(26)24-9-7-16(12-24)21-22-11-17-13-25(10-8-19(17)23-21)20(27)14-28-18-5-3-2-4-6-18/h2-6,11,16H,7-10,12-14H2,1H3/t16-/m0/s1.